The first-order chi connectivity index (χ1) is 11.2. The van der Waals surface area contributed by atoms with Crippen molar-refractivity contribution >= 4 is 34.9 Å². The summed E-state index contributed by atoms with van der Waals surface area (Å²) in [7, 11) is 0. The number of hydrogen-bond acceptors (Lipinski definition) is 2. The van der Waals surface area contributed by atoms with Crippen molar-refractivity contribution in [1.29, 1.82) is 0 Å². The van der Waals surface area contributed by atoms with Crippen LogP contribution < -0.4 is 5.32 Å². The molecule has 134 valence electrons. The van der Waals surface area contributed by atoms with Crippen LogP contribution in [0.3, 0.4) is 0 Å². The fourth-order valence-corrected chi connectivity index (χ4v) is 2.33. The van der Waals surface area contributed by atoms with Crippen LogP contribution in [0.1, 0.15) is 44.1 Å². The molecule has 1 amide bonds. The maximum absolute atomic E-state index is 12.0. The van der Waals surface area contributed by atoms with Crippen LogP contribution in [0.2, 0.25) is 10.0 Å². The molecule has 24 heavy (non-hydrogen) atoms. The fraction of sp³-hybridized carbons (Fsp3) is 0.500. The quantitative estimate of drug-likeness (QED) is 0.604. The Balaban J connectivity index is 2.12. The summed E-state index contributed by atoms with van der Waals surface area (Å²) in [6.07, 6.45) is -3.12. The lowest BCUT2D eigenvalue weighted by atomic mass is 10.1. The van der Waals surface area contributed by atoms with Gasteiger partial charge in [0, 0.05) is 19.4 Å². The summed E-state index contributed by atoms with van der Waals surface area (Å²) in [6, 6.07) is 5.07. The standard InChI is InChI=1S/C16H18Cl2F3NO2/c17-12-8-7-11(9-13(12)18)10-22-15(24)6-4-2-1-3-5-14(23)16(19,20)21/h7-9H,1-6,10H2,(H,22,24). The molecule has 0 saturated heterocycles. The van der Waals surface area contributed by atoms with Gasteiger partial charge in [0.15, 0.2) is 0 Å². The Morgan fingerprint density at radius 2 is 1.58 bits per heavy atom. The molecule has 0 heterocycles. The zero-order valence-corrected chi connectivity index (χ0v) is 14.4. The van der Waals surface area contributed by atoms with Crippen molar-refractivity contribution in [1.82, 2.24) is 5.32 Å². The molecule has 1 aromatic rings. The lowest BCUT2D eigenvalue weighted by molar-refractivity contribution is -0.171. The number of ketones is 1. The first-order valence-electron chi connectivity index (χ1n) is 7.51. The van der Waals surface area contributed by atoms with Gasteiger partial charge in [-0.3, -0.25) is 9.59 Å². The summed E-state index contributed by atoms with van der Waals surface area (Å²) in [6.45, 7) is 0.329. The molecule has 0 fully saturated rings. The van der Waals surface area contributed by atoms with E-state index in [4.69, 9.17) is 23.2 Å². The Kier molecular flexibility index (Phi) is 8.56. The molecule has 0 radical (unpaired) electrons. The highest BCUT2D eigenvalue weighted by Crippen LogP contribution is 2.22. The second-order valence-corrected chi connectivity index (χ2v) is 6.17. The summed E-state index contributed by atoms with van der Waals surface area (Å²) in [5.41, 5.74) is 0.823. The number of amides is 1. The second-order valence-electron chi connectivity index (χ2n) is 5.36. The highest BCUT2D eigenvalue weighted by molar-refractivity contribution is 6.42. The summed E-state index contributed by atoms with van der Waals surface area (Å²) in [4.78, 5) is 22.3. The van der Waals surface area contributed by atoms with Crippen molar-refractivity contribution in [2.75, 3.05) is 0 Å². The van der Waals surface area contributed by atoms with Crippen molar-refractivity contribution in [2.24, 2.45) is 0 Å². The van der Waals surface area contributed by atoms with Gasteiger partial charge in [0.2, 0.25) is 11.7 Å². The molecule has 1 aromatic carbocycles. The molecule has 0 aliphatic carbocycles. The van der Waals surface area contributed by atoms with Crippen LogP contribution >= 0.6 is 23.2 Å². The van der Waals surface area contributed by atoms with Gasteiger partial charge in [0.05, 0.1) is 10.0 Å². The van der Waals surface area contributed by atoms with Gasteiger partial charge in [-0.05, 0) is 30.5 Å². The summed E-state index contributed by atoms with van der Waals surface area (Å²) >= 11 is 11.7. The van der Waals surface area contributed by atoms with Crippen LogP contribution in [0.5, 0.6) is 0 Å². The molecule has 0 unspecified atom stereocenters. The Labute approximate surface area is 148 Å². The van der Waals surface area contributed by atoms with Gasteiger partial charge in [-0.1, -0.05) is 42.1 Å². The molecule has 0 atom stereocenters. The van der Waals surface area contributed by atoms with Gasteiger partial charge >= 0.3 is 6.18 Å². The molecular weight excluding hydrogens is 366 g/mol. The lowest BCUT2D eigenvalue weighted by Crippen LogP contribution is -2.22. The van der Waals surface area contributed by atoms with Crippen molar-refractivity contribution in [2.45, 2.75) is 51.2 Å². The summed E-state index contributed by atoms with van der Waals surface area (Å²) < 4.78 is 36.0. The number of carbonyl (C=O) groups excluding carboxylic acids is 2. The molecule has 0 aliphatic rings. The largest absolute Gasteiger partial charge is 0.449 e. The van der Waals surface area contributed by atoms with Gasteiger partial charge < -0.3 is 5.32 Å². The zero-order valence-electron chi connectivity index (χ0n) is 12.9. The number of nitrogens with one attached hydrogen (secondary N) is 1. The Morgan fingerprint density at radius 3 is 2.17 bits per heavy atom. The number of rotatable bonds is 9. The number of halogens is 5. The van der Waals surface area contributed by atoms with E-state index in [1.165, 1.54) is 0 Å². The third kappa shape index (κ3) is 8.02. The molecule has 1 N–H and O–H groups in total. The molecule has 0 aliphatic heterocycles. The topological polar surface area (TPSA) is 46.2 Å². The van der Waals surface area contributed by atoms with E-state index < -0.39 is 18.4 Å². The zero-order chi connectivity index (χ0) is 18.2. The SMILES string of the molecule is O=C(CCCCCCC(=O)C(F)(F)F)NCc1ccc(Cl)c(Cl)c1. The van der Waals surface area contributed by atoms with Crippen LogP contribution in [-0.4, -0.2) is 17.9 Å². The molecule has 0 aromatic heterocycles. The average molecular weight is 384 g/mol. The maximum atomic E-state index is 12.0. The molecule has 0 spiro atoms. The van der Waals surface area contributed by atoms with E-state index in [1.54, 1.807) is 18.2 Å². The van der Waals surface area contributed by atoms with Crippen LogP contribution in [0.25, 0.3) is 0 Å². The third-order valence-corrected chi connectivity index (χ3v) is 4.09. The Morgan fingerprint density at radius 1 is 0.958 bits per heavy atom. The smallest absolute Gasteiger partial charge is 0.352 e. The van der Waals surface area contributed by atoms with E-state index in [2.05, 4.69) is 5.32 Å². The van der Waals surface area contributed by atoms with Crippen LogP contribution in [0.15, 0.2) is 18.2 Å². The van der Waals surface area contributed by atoms with Gasteiger partial charge in [0.1, 0.15) is 0 Å². The van der Waals surface area contributed by atoms with Gasteiger partial charge in [-0.2, -0.15) is 13.2 Å². The number of carbonyl (C=O) groups is 2. The molecule has 0 saturated carbocycles. The summed E-state index contributed by atoms with van der Waals surface area (Å²) in [5, 5.41) is 3.59. The van der Waals surface area contributed by atoms with Gasteiger partial charge in [-0.15, -0.1) is 0 Å². The van der Waals surface area contributed by atoms with Crippen LogP contribution in [0.4, 0.5) is 13.2 Å². The monoisotopic (exact) mass is 383 g/mol. The highest BCUT2D eigenvalue weighted by Gasteiger charge is 2.36. The van der Waals surface area contributed by atoms with E-state index in [0.29, 0.717) is 35.9 Å². The van der Waals surface area contributed by atoms with E-state index in [1.807, 2.05) is 0 Å². The minimum atomic E-state index is -4.75. The first kappa shape index (κ1) is 20.8. The number of benzene rings is 1. The van der Waals surface area contributed by atoms with Crippen molar-refractivity contribution in [3.63, 3.8) is 0 Å². The molecule has 1 rings (SSSR count). The number of hydrogen-bond donors (Lipinski definition) is 1. The predicted molar refractivity (Wildman–Crippen MR) is 87.1 cm³/mol. The highest BCUT2D eigenvalue weighted by atomic mass is 35.5. The second kappa shape index (κ2) is 9.89. The maximum Gasteiger partial charge on any atom is 0.449 e. The molecule has 0 bridgehead atoms. The number of Topliss-reactive ketones (excluding diaryl/α,β-unsaturated/α-hetero) is 1. The van der Waals surface area contributed by atoms with Crippen molar-refractivity contribution < 1.29 is 22.8 Å². The average Bonchev–Trinajstić information content (AvgIpc) is 2.50. The van der Waals surface area contributed by atoms with Crippen LogP contribution in [0, 0.1) is 0 Å². The lowest BCUT2D eigenvalue weighted by Gasteiger charge is -2.07. The van der Waals surface area contributed by atoms with E-state index >= 15 is 0 Å². The van der Waals surface area contributed by atoms with Crippen molar-refractivity contribution in [3.05, 3.63) is 33.8 Å². The number of alkyl halides is 3. The van der Waals surface area contributed by atoms with Gasteiger partial charge in [0.25, 0.3) is 0 Å². The fourth-order valence-electron chi connectivity index (χ4n) is 2.01. The third-order valence-electron chi connectivity index (χ3n) is 3.35. The first-order valence-corrected chi connectivity index (χ1v) is 8.26. The molecule has 3 nitrogen and oxygen atoms in total. The Hall–Kier alpha value is -1.27. The normalized spacial score (nSPS) is 11.4. The predicted octanol–water partition coefficient (Wildman–Crippen LogP) is 5.08. The summed E-state index contributed by atoms with van der Waals surface area (Å²) in [5.74, 6) is -1.84. The van der Waals surface area contributed by atoms with Gasteiger partial charge in [-0.25, -0.2) is 0 Å². The van der Waals surface area contributed by atoms with Crippen molar-refractivity contribution in [3.8, 4) is 0 Å². The number of unbranched alkanes of at least 4 members (excludes halogenated alkanes) is 3. The van der Waals surface area contributed by atoms with E-state index in [0.717, 1.165) is 5.56 Å². The molecular formula is C16H18Cl2F3NO2. The molecule has 8 heteroatoms. The minimum Gasteiger partial charge on any atom is -0.352 e. The minimum absolute atomic E-state index is 0.146. The van der Waals surface area contributed by atoms with E-state index in [9.17, 15) is 22.8 Å². The Bertz CT molecular complexity index is 577. The van der Waals surface area contributed by atoms with E-state index in [-0.39, 0.29) is 18.7 Å². The van der Waals surface area contributed by atoms with Crippen LogP contribution in [-0.2, 0) is 16.1 Å².